The first-order chi connectivity index (χ1) is 16.2. The van der Waals surface area contributed by atoms with Gasteiger partial charge in [0.05, 0.1) is 38.9 Å². The van der Waals surface area contributed by atoms with Gasteiger partial charge in [0.2, 0.25) is 6.41 Å². The zero-order valence-electron chi connectivity index (χ0n) is 18.9. The van der Waals surface area contributed by atoms with Gasteiger partial charge in [-0.3, -0.25) is 24.1 Å². The molecule has 0 aliphatic carbocycles. The Bertz CT molecular complexity index is 697. The zero-order valence-corrected chi connectivity index (χ0v) is 21.6. The van der Waals surface area contributed by atoms with Crippen LogP contribution in [-0.2, 0) is 33.4 Å². The number of esters is 3. The lowest BCUT2D eigenvalue weighted by Gasteiger charge is -2.29. The SMILES string of the molecule is CN(CCOC(=O)CCS)C(=O)N(CCOC(=O)CCS)C(=O)N(C=O)CCOC(=O)CCS. The zero-order chi connectivity index (χ0) is 25.9. The highest BCUT2D eigenvalue weighted by molar-refractivity contribution is 7.80. The summed E-state index contributed by atoms with van der Waals surface area (Å²) in [5.41, 5.74) is 0. The molecule has 0 unspecified atom stereocenters. The Hall–Kier alpha value is -2.13. The van der Waals surface area contributed by atoms with Gasteiger partial charge in [0.15, 0.2) is 0 Å². The van der Waals surface area contributed by atoms with Gasteiger partial charge in [-0.15, -0.1) is 0 Å². The van der Waals surface area contributed by atoms with Gasteiger partial charge in [0.25, 0.3) is 0 Å². The number of urea groups is 2. The van der Waals surface area contributed by atoms with E-state index in [-0.39, 0.29) is 76.6 Å². The third-order valence-electron chi connectivity index (χ3n) is 3.97. The Balaban J connectivity index is 5.17. The molecule has 0 spiro atoms. The molecule has 0 heterocycles. The third-order valence-corrected chi connectivity index (χ3v) is 4.64. The van der Waals surface area contributed by atoms with Gasteiger partial charge in [-0.1, -0.05) is 0 Å². The van der Waals surface area contributed by atoms with Crippen molar-refractivity contribution in [3.05, 3.63) is 0 Å². The Morgan fingerprint density at radius 3 is 1.50 bits per heavy atom. The first-order valence-corrected chi connectivity index (χ1v) is 12.2. The summed E-state index contributed by atoms with van der Waals surface area (Å²) in [7, 11) is 1.37. The first kappa shape index (κ1) is 31.9. The van der Waals surface area contributed by atoms with Crippen molar-refractivity contribution in [2.75, 3.05) is 63.8 Å². The van der Waals surface area contributed by atoms with E-state index in [1.54, 1.807) is 0 Å². The number of carbonyl (C=O) groups is 6. The van der Waals surface area contributed by atoms with Crippen molar-refractivity contribution in [2.45, 2.75) is 19.3 Å². The molecular formula is C19H31N3O9S3. The van der Waals surface area contributed by atoms with Crippen LogP contribution in [0.1, 0.15) is 19.3 Å². The number of thiol groups is 3. The molecule has 0 bridgehead atoms. The van der Waals surface area contributed by atoms with Crippen molar-refractivity contribution in [3.8, 4) is 0 Å². The van der Waals surface area contributed by atoms with E-state index in [0.29, 0.717) is 15.6 Å². The van der Waals surface area contributed by atoms with Crippen molar-refractivity contribution in [3.63, 3.8) is 0 Å². The van der Waals surface area contributed by atoms with E-state index < -0.39 is 30.0 Å². The molecule has 0 aliphatic heterocycles. The van der Waals surface area contributed by atoms with Crippen LogP contribution < -0.4 is 0 Å². The van der Waals surface area contributed by atoms with Gasteiger partial charge in [-0.25, -0.2) is 14.5 Å². The molecule has 0 atom stereocenters. The minimum atomic E-state index is -1.01. The van der Waals surface area contributed by atoms with Crippen LogP contribution >= 0.6 is 37.9 Å². The Labute approximate surface area is 214 Å². The minimum Gasteiger partial charge on any atom is -0.464 e. The number of ether oxygens (including phenoxy) is 3. The van der Waals surface area contributed by atoms with E-state index in [9.17, 15) is 28.8 Å². The van der Waals surface area contributed by atoms with E-state index in [0.717, 1.165) is 4.90 Å². The van der Waals surface area contributed by atoms with Gasteiger partial charge < -0.3 is 19.1 Å². The molecule has 0 N–H and O–H groups in total. The fraction of sp³-hybridized carbons (Fsp3) is 0.684. The van der Waals surface area contributed by atoms with Gasteiger partial charge in [-0.2, -0.15) is 37.9 Å². The van der Waals surface area contributed by atoms with E-state index in [4.69, 9.17) is 14.2 Å². The van der Waals surface area contributed by atoms with Gasteiger partial charge >= 0.3 is 30.0 Å². The lowest BCUT2D eigenvalue weighted by Crippen LogP contribution is -2.52. The number of carbonyl (C=O) groups excluding carboxylic acids is 6. The summed E-state index contributed by atoms with van der Waals surface area (Å²) >= 11 is 11.8. The second-order valence-corrected chi connectivity index (χ2v) is 7.86. The van der Waals surface area contributed by atoms with Crippen LogP contribution in [0.5, 0.6) is 0 Å². The lowest BCUT2D eigenvalue weighted by atomic mass is 10.4. The lowest BCUT2D eigenvalue weighted by molar-refractivity contribution is -0.144. The number of rotatable bonds is 16. The molecule has 34 heavy (non-hydrogen) atoms. The van der Waals surface area contributed by atoms with Crippen LogP contribution in [0.3, 0.4) is 0 Å². The maximum absolute atomic E-state index is 12.9. The van der Waals surface area contributed by atoms with E-state index in [1.165, 1.54) is 7.05 Å². The number of likely N-dealkylation sites (N-methyl/N-ethyl adjacent to an activating group) is 1. The van der Waals surface area contributed by atoms with Crippen molar-refractivity contribution in [2.24, 2.45) is 0 Å². The summed E-state index contributed by atoms with van der Waals surface area (Å²) in [6, 6.07) is -1.83. The second kappa shape index (κ2) is 19.2. The molecule has 5 amide bonds. The summed E-state index contributed by atoms with van der Waals surface area (Å²) in [6.07, 6.45) is 0.404. The van der Waals surface area contributed by atoms with Gasteiger partial charge in [-0.05, 0) is 0 Å². The molecule has 12 nitrogen and oxygen atoms in total. The van der Waals surface area contributed by atoms with Crippen LogP contribution in [-0.4, -0.2) is 115 Å². The second-order valence-electron chi connectivity index (χ2n) is 6.52. The fourth-order valence-electron chi connectivity index (χ4n) is 2.22. The first-order valence-electron chi connectivity index (χ1n) is 10.3. The molecule has 15 heteroatoms. The summed E-state index contributed by atoms with van der Waals surface area (Å²) in [6.45, 7) is -1.38. The van der Waals surface area contributed by atoms with Crippen LogP contribution in [0.4, 0.5) is 9.59 Å². The van der Waals surface area contributed by atoms with Crippen molar-refractivity contribution < 1.29 is 43.0 Å². The Morgan fingerprint density at radius 1 is 0.676 bits per heavy atom. The van der Waals surface area contributed by atoms with Crippen molar-refractivity contribution in [1.29, 1.82) is 0 Å². The molecule has 0 radical (unpaired) electrons. The monoisotopic (exact) mass is 541 g/mol. The summed E-state index contributed by atoms with van der Waals surface area (Å²) in [5.74, 6) is -0.751. The number of hydrogen-bond acceptors (Lipinski definition) is 12. The summed E-state index contributed by atoms with van der Waals surface area (Å²) < 4.78 is 14.8. The maximum atomic E-state index is 12.9. The fourth-order valence-corrected chi connectivity index (χ4v) is 2.77. The van der Waals surface area contributed by atoms with Crippen LogP contribution in [0, 0.1) is 0 Å². The van der Waals surface area contributed by atoms with Crippen molar-refractivity contribution in [1.82, 2.24) is 14.7 Å². The van der Waals surface area contributed by atoms with Gasteiger partial charge in [0, 0.05) is 24.3 Å². The highest BCUT2D eigenvalue weighted by Crippen LogP contribution is 2.05. The number of hydrogen-bond donors (Lipinski definition) is 3. The van der Waals surface area contributed by atoms with Crippen LogP contribution in [0.25, 0.3) is 0 Å². The van der Waals surface area contributed by atoms with E-state index in [2.05, 4.69) is 37.9 Å². The molecule has 0 aromatic rings. The highest BCUT2D eigenvalue weighted by atomic mass is 32.1. The molecule has 0 fully saturated rings. The molecule has 0 saturated carbocycles. The molecular weight excluding hydrogens is 510 g/mol. The maximum Gasteiger partial charge on any atom is 0.334 e. The molecule has 0 aliphatic rings. The third kappa shape index (κ3) is 13.5. The van der Waals surface area contributed by atoms with Crippen molar-refractivity contribution >= 4 is 74.3 Å². The van der Waals surface area contributed by atoms with Gasteiger partial charge in [0.1, 0.15) is 19.8 Å². The molecule has 0 aromatic carbocycles. The molecule has 0 aromatic heterocycles. The number of imide groups is 2. The minimum absolute atomic E-state index is 0.0389. The topological polar surface area (TPSA) is 140 Å². The van der Waals surface area contributed by atoms with Crippen LogP contribution in [0.2, 0.25) is 0 Å². The summed E-state index contributed by atoms with van der Waals surface area (Å²) in [4.78, 5) is 74.1. The Kier molecular flexibility index (Phi) is 18.0. The van der Waals surface area contributed by atoms with E-state index >= 15 is 0 Å². The molecule has 0 rings (SSSR count). The Morgan fingerprint density at radius 2 is 1.09 bits per heavy atom. The highest BCUT2D eigenvalue weighted by Gasteiger charge is 2.29. The number of nitrogens with zero attached hydrogens (tertiary/aromatic N) is 3. The molecule has 0 saturated heterocycles. The quantitative estimate of drug-likeness (QED) is 0.110. The molecule has 194 valence electrons. The normalized spacial score (nSPS) is 10.1. The smallest absolute Gasteiger partial charge is 0.334 e. The standard InChI is InChI=1S/C19H31N3O9S3/c1-20(5-8-29-15(24)2-11-32)18(27)22(7-10-31-17(26)4-13-34)19(28)21(14-23)6-9-30-16(25)3-12-33/h14,32-34H,2-13H2,1H3. The van der Waals surface area contributed by atoms with E-state index in [1.807, 2.05) is 0 Å². The summed E-state index contributed by atoms with van der Waals surface area (Å²) in [5, 5.41) is 0. The average molecular weight is 542 g/mol. The predicted octanol–water partition coefficient (Wildman–Crippen LogP) is 0.508. The predicted molar refractivity (Wildman–Crippen MR) is 131 cm³/mol. The average Bonchev–Trinajstić information content (AvgIpc) is 2.79. The largest absolute Gasteiger partial charge is 0.464 e. The van der Waals surface area contributed by atoms with Crippen LogP contribution in [0.15, 0.2) is 0 Å². The number of amides is 5.